The molecule has 106 valence electrons. The third-order valence-corrected chi connectivity index (χ3v) is 4.22. The van der Waals surface area contributed by atoms with Gasteiger partial charge < -0.3 is 5.32 Å². The molecule has 0 bridgehead atoms. The van der Waals surface area contributed by atoms with Crippen molar-refractivity contribution in [2.45, 2.75) is 30.0 Å². The number of rotatable bonds is 5. The van der Waals surface area contributed by atoms with Crippen molar-refractivity contribution >= 4 is 37.5 Å². The average molecular weight is 349 g/mol. The third kappa shape index (κ3) is 4.59. The molecule has 1 aromatic carbocycles. The highest BCUT2D eigenvalue weighted by atomic mass is 79.9. The van der Waals surface area contributed by atoms with Crippen molar-refractivity contribution in [3.63, 3.8) is 0 Å². The molecule has 0 saturated heterocycles. The van der Waals surface area contributed by atoms with Crippen molar-refractivity contribution in [2.24, 2.45) is 0 Å². The molecule has 0 saturated carbocycles. The monoisotopic (exact) mass is 348 g/mol. The van der Waals surface area contributed by atoms with E-state index < -0.39 is 14.3 Å². The van der Waals surface area contributed by atoms with Gasteiger partial charge in [0.05, 0.1) is 9.22 Å². The SMILES string of the molecule is CCNS(=O)(=O)c1ccc(NC(=O)C(C)(C)Br)cc1. The van der Waals surface area contributed by atoms with E-state index in [2.05, 4.69) is 26.0 Å². The first-order valence-electron chi connectivity index (χ1n) is 5.77. The summed E-state index contributed by atoms with van der Waals surface area (Å²) < 4.78 is 25.2. The molecule has 7 heteroatoms. The van der Waals surface area contributed by atoms with Crippen LogP contribution in [0.25, 0.3) is 0 Å². The van der Waals surface area contributed by atoms with Crippen molar-refractivity contribution in [2.75, 3.05) is 11.9 Å². The normalized spacial score (nSPS) is 12.2. The average Bonchev–Trinajstić information content (AvgIpc) is 2.28. The van der Waals surface area contributed by atoms with E-state index in [1.807, 2.05) is 0 Å². The summed E-state index contributed by atoms with van der Waals surface area (Å²) in [6.07, 6.45) is 0. The molecule has 1 rings (SSSR count). The zero-order valence-corrected chi connectivity index (χ0v) is 13.4. The lowest BCUT2D eigenvalue weighted by Gasteiger charge is -2.16. The van der Waals surface area contributed by atoms with Crippen LogP contribution < -0.4 is 10.0 Å². The molecule has 0 heterocycles. The van der Waals surface area contributed by atoms with Crippen LogP contribution >= 0.6 is 15.9 Å². The number of benzene rings is 1. The molecule has 1 aromatic rings. The minimum Gasteiger partial charge on any atom is -0.325 e. The van der Waals surface area contributed by atoms with Gasteiger partial charge in [0.15, 0.2) is 0 Å². The van der Waals surface area contributed by atoms with Crippen molar-refractivity contribution in [3.8, 4) is 0 Å². The Hall–Kier alpha value is -0.920. The van der Waals surface area contributed by atoms with Gasteiger partial charge >= 0.3 is 0 Å². The number of halogens is 1. The summed E-state index contributed by atoms with van der Waals surface area (Å²) in [4.78, 5) is 11.9. The summed E-state index contributed by atoms with van der Waals surface area (Å²) in [5.41, 5.74) is 0.549. The van der Waals surface area contributed by atoms with Crippen LogP contribution in [0.2, 0.25) is 0 Å². The highest BCUT2D eigenvalue weighted by Gasteiger charge is 2.23. The molecular weight excluding hydrogens is 332 g/mol. The van der Waals surface area contributed by atoms with E-state index in [9.17, 15) is 13.2 Å². The highest BCUT2D eigenvalue weighted by Crippen LogP contribution is 2.20. The number of amides is 1. The Bertz CT molecular complexity index is 547. The summed E-state index contributed by atoms with van der Waals surface area (Å²) in [7, 11) is -3.46. The number of hydrogen-bond donors (Lipinski definition) is 2. The fourth-order valence-corrected chi connectivity index (χ4v) is 2.41. The van der Waals surface area contributed by atoms with Crippen molar-refractivity contribution in [3.05, 3.63) is 24.3 Å². The minimum atomic E-state index is -3.46. The van der Waals surface area contributed by atoms with E-state index in [1.165, 1.54) is 12.1 Å². The number of carbonyl (C=O) groups excluding carboxylic acids is 1. The molecule has 0 fully saturated rings. The van der Waals surface area contributed by atoms with Gasteiger partial charge in [-0.2, -0.15) is 0 Å². The molecule has 0 unspecified atom stereocenters. The summed E-state index contributed by atoms with van der Waals surface area (Å²) >= 11 is 3.25. The summed E-state index contributed by atoms with van der Waals surface area (Å²) in [6, 6.07) is 6.02. The molecule has 19 heavy (non-hydrogen) atoms. The van der Waals surface area contributed by atoms with Gasteiger partial charge in [0.1, 0.15) is 0 Å². The van der Waals surface area contributed by atoms with Crippen LogP contribution in [-0.4, -0.2) is 25.2 Å². The van der Waals surface area contributed by atoms with Crippen LogP contribution in [0, 0.1) is 0 Å². The van der Waals surface area contributed by atoms with Crippen LogP contribution in [0.4, 0.5) is 5.69 Å². The molecule has 0 aromatic heterocycles. The minimum absolute atomic E-state index is 0.172. The first kappa shape index (κ1) is 16.1. The maximum absolute atomic E-state index is 11.7. The first-order chi connectivity index (χ1) is 8.66. The Morgan fingerprint density at radius 2 is 1.79 bits per heavy atom. The number of anilines is 1. The molecule has 0 spiro atoms. The number of carbonyl (C=O) groups is 1. The Labute approximate surface area is 122 Å². The van der Waals surface area contributed by atoms with E-state index >= 15 is 0 Å². The standard InChI is InChI=1S/C12H17BrN2O3S/c1-4-14-19(17,18)10-7-5-9(6-8-10)15-11(16)12(2,3)13/h5-8,14H,4H2,1-3H3,(H,15,16). The molecule has 5 nitrogen and oxygen atoms in total. The van der Waals surface area contributed by atoms with E-state index in [0.717, 1.165) is 0 Å². The van der Waals surface area contributed by atoms with Crippen molar-refractivity contribution < 1.29 is 13.2 Å². The fourth-order valence-electron chi connectivity index (χ4n) is 1.27. The van der Waals surface area contributed by atoms with Crippen LogP contribution in [0.1, 0.15) is 20.8 Å². The maximum Gasteiger partial charge on any atom is 0.240 e. The van der Waals surface area contributed by atoms with Gasteiger partial charge in [0.2, 0.25) is 15.9 Å². The lowest BCUT2D eigenvalue weighted by atomic mass is 10.2. The Kier molecular flexibility index (Phi) is 5.11. The molecule has 0 atom stereocenters. The Balaban J connectivity index is 2.86. The second-order valence-electron chi connectivity index (χ2n) is 4.45. The predicted molar refractivity (Wildman–Crippen MR) is 78.9 cm³/mol. The van der Waals surface area contributed by atoms with Gasteiger partial charge in [-0.3, -0.25) is 4.79 Å². The van der Waals surface area contributed by atoms with Gasteiger partial charge in [-0.25, -0.2) is 13.1 Å². The topological polar surface area (TPSA) is 75.3 Å². The van der Waals surface area contributed by atoms with Crippen molar-refractivity contribution in [1.82, 2.24) is 4.72 Å². The van der Waals surface area contributed by atoms with Crippen LogP contribution in [0.3, 0.4) is 0 Å². The molecule has 0 aliphatic carbocycles. The summed E-state index contributed by atoms with van der Waals surface area (Å²) in [6.45, 7) is 5.50. The van der Waals surface area contributed by atoms with E-state index in [1.54, 1.807) is 32.9 Å². The lowest BCUT2D eigenvalue weighted by molar-refractivity contribution is -0.117. The van der Waals surface area contributed by atoms with Crippen LogP contribution in [0.15, 0.2) is 29.2 Å². The van der Waals surface area contributed by atoms with Crippen molar-refractivity contribution in [1.29, 1.82) is 0 Å². The van der Waals surface area contributed by atoms with Gasteiger partial charge in [0, 0.05) is 12.2 Å². The fraction of sp³-hybridized carbons (Fsp3) is 0.417. The molecule has 2 N–H and O–H groups in total. The van der Waals surface area contributed by atoms with E-state index in [4.69, 9.17) is 0 Å². The molecule has 0 radical (unpaired) electrons. The van der Waals surface area contributed by atoms with Gasteiger partial charge in [-0.15, -0.1) is 0 Å². The van der Waals surface area contributed by atoms with E-state index in [0.29, 0.717) is 12.2 Å². The number of hydrogen-bond acceptors (Lipinski definition) is 3. The van der Waals surface area contributed by atoms with Crippen LogP contribution in [-0.2, 0) is 14.8 Å². The predicted octanol–water partition coefficient (Wildman–Crippen LogP) is 2.10. The first-order valence-corrected chi connectivity index (χ1v) is 8.04. The maximum atomic E-state index is 11.7. The number of nitrogens with one attached hydrogen (secondary N) is 2. The second-order valence-corrected chi connectivity index (χ2v) is 8.20. The Morgan fingerprint density at radius 1 is 1.26 bits per heavy atom. The van der Waals surface area contributed by atoms with Gasteiger partial charge in [-0.1, -0.05) is 22.9 Å². The molecular formula is C12H17BrN2O3S. The molecule has 1 amide bonds. The lowest BCUT2D eigenvalue weighted by Crippen LogP contribution is -2.31. The largest absolute Gasteiger partial charge is 0.325 e. The quantitative estimate of drug-likeness (QED) is 0.800. The highest BCUT2D eigenvalue weighted by molar-refractivity contribution is 9.10. The molecule has 0 aliphatic heterocycles. The summed E-state index contributed by atoms with van der Waals surface area (Å²) in [5.74, 6) is -0.199. The zero-order valence-electron chi connectivity index (χ0n) is 11.0. The number of sulfonamides is 1. The molecule has 0 aliphatic rings. The summed E-state index contributed by atoms with van der Waals surface area (Å²) in [5, 5.41) is 2.69. The smallest absolute Gasteiger partial charge is 0.240 e. The third-order valence-electron chi connectivity index (χ3n) is 2.30. The Morgan fingerprint density at radius 3 is 2.21 bits per heavy atom. The zero-order chi connectivity index (χ0) is 14.7. The van der Waals surface area contributed by atoms with Gasteiger partial charge in [-0.05, 0) is 38.1 Å². The number of alkyl halides is 1. The van der Waals surface area contributed by atoms with Crippen LogP contribution in [0.5, 0.6) is 0 Å². The second kappa shape index (κ2) is 6.02. The van der Waals surface area contributed by atoms with Gasteiger partial charge in [0.25, 0.3) is 0 Å². The van der Waals surface area contributed by atoms with E-state index in [-0.39, 0.29) is 10.8 Å².